The molecule has 6 heteroatoms. The summed E-state index contributed by atoms with van der Waals surface area (Å²) in [6, 6.07) is 23.1. The Morgan fingerprint density at radius 3 is 2.41 bits per heavy atom. The molecular weight excluding hydrogens is 437 g/mol. The Morgan fingerprint density at radius 2 is 1.71 bits per heavy atom. The number of fused-ring (bicyclic) bond motifs is 1. The summed E-state index contributed by atoms with van der Waals surface area (Å²) in [6.45, 7) is 2.85. The summed E-state index contributed by atoms with van der Waals surface area (Å²) >= 11 is 0. The van der Waals surface area contributed by atoms with Crippen LogP contribution in [0, 0.1) is 0 Å². The van der Waals surface area contributed by atoms with Crippen molar-refractivity contribution in [3.63, 3.8) is 0 Å². The fourth-order valence-corrected chi connectivity index (χ4v) is 4.13. The molecule has 1 N–H and O–H groups in total. The van der Waals surface area contributed by atoms with Gasteiger partial charge < -0.3 is 10.1 Å². The molecule has 0 spiro atoms. The van der Waals surface area contributed by atoms with Gasteiger partial charge in [0.2, 0.25) is 0 Å². The van der Waals surface area contributed by atoms with Crippen LogP contribution in [-0.4, -0.2) is 18.6 Å². The molecule has 0 bridgehead atoms. The lowest BCUT2D eigenvalue weighted by Gasteiger charge is -2.19. The maximum atomic E-state index is 13.0. The monoisotopic (exact) mass is 464 g/mol. The van der Waals surface area contributed by atoms with E-state index in [9.17, 15) is 13.2 Å². The lowest BCUT2D eigenvalue weighted by molar-refractivity contribution is -0.137. The number of pyridine rings is 1. The molecule has 1 atom stereocenters. The molecule has 1 heterocycles. The van der Waals surface area contributed by atoms with Gasteiger partial charge in [-0.1, -0.05) is 49.4 Å². The topological polar surface area (TPSA) is 34.1 Å². The summed E-state index contributed by atoms with van der Waals surface area (Å²) < 4.78 is 44.4. The molecule has 3 nitrogen and oxygen atoms in total. The van der Waals surface area contributed by atoms with Gasteiger partial charge in [-0.05, 0) is 72.5 Å². The zero-order valence-corrected chi connectivity index (χ0v) is 19.2. The highest BCUT2D eigenvalue weighted by atomic mass is 19.4. The number of para-hydroxylation sites is 1. The molecule has 3 aromatic carbocycles. The largest absolute Gasteiger partial charge is 0.497 e. The normalized spacial score (nSPS) is 12.6. The smallest absolute Gasteiger partial charge is 0.416 e. The first-order valence-electron chi connectivity index (χ1n) is 11.3. The van der Waals surface area contributed by atoms with E-state index in [2.05, 4.69) is 18.3 Å². The zero-order valence-electron chi connectivity index (χ0n) is 19.2. The van der Waals surface area contributed by atoms with E-state index in [4.69, 9.17) is 9.72 Å². The molecule has 176 valence electrons. The maximum absolute atomic E-state index is 13.0. The standard InChI is InChI=1S/C28H27F3N2O/c1-3-25(32-16-15-19-7-6-8-22(17-19)34-2)27-18-24(23-9-4-5-10-26(23)33-27)20-11-13-21(14-12-20)28(29,30)31/h4-14,17-18,25,32H,3,15-16H2,1-2H3/t25-/m1/s1. The van der Waals surface area contributed by atoms with Gasteiger partial charge in [0.1, 0.15) is 5.75 Å². The summed E-state index contributed by atoms with van der Waals surface area (Å²) in [5.41, 5.74) is 3.84. The second-order valence-corrected chi connectivity index (χ2v) is 8.20. The third-order valence-electron chi connectivity index (χ3n) is 5.96. The molecular formula is C28H27F3N2O. The van der Waals surface area contributed by atoms with Gasteiger partial charge in [-0.3, -0.25) is 4.98 Å². The van der Waals surface area contributed by atoms with Crippen LogP contribution in [0.5, 0.6) is 5.75 Å². The molecule has 4 rings (SSSR count). The van der Waals surface area contributed by atoms with Gasteiger partial charge in [-0.25, -0.2) is 0 Å². The van der Waals surface area contributed by atoms with Gasteiger partial charge in [0.15, 0.2) is 0 Å². The van der Waals surface area contributed by atoms with Gasteiger partial charge in [0.25, 0.3) is 0 Å². The lowest BCUT2D eigenvalue weighted by atomic mass is 9.97. The number of aromatic nitrogens is 1. The second-order valence-electron chi connectivity index (χ2n) is 8.20. The van der Waals surface area contributed by atoms with Crippen molar-refractivity contribution in [2.75, 3.05) is 13.7 Å². The number of nitrogens with one attached hydrogen (secondary N) is 1. The highest BCUT2D eigenvalue weighted by Gasteiger charge is 2.30. The Kier molecular flexibility index (Phi) is 7.17. The maximum Gasteiger partial charge on any atom is 0.416 e. The Labute approximate surface area is 197 Å². The minimum Gasteiger partial charge on any atom is -0.497 e. The number of methoxy groups -OCH3 is 1. The summed E-state index contributed by atoms with van der Waals surface area (Å²) in [7, 11) is 1.66. The van der Waals surface area contributed by atoms with E-state index in [1.807, 2.05) is 48.5 Å². The molecule has 0 saturated carbocycles. The van der Waals surface area contributed by atoms with Crippen molar-refractivity contribution >= 4 is 10.9 Å². The highest BCUT2D eigenvalue weighted by Crippen LogP contribution is 2.34. The van der Waals surface area contributed by atoms with Crippen molar-refractivity contribution in [1.29, 1.82) is 0 Å². The molecule has 34 heavy (non-hydrogen) atoms. The summed E-state index contributed by atoms with van der Waals surface area (Å²) in [5.74, 6) is 0.835. The third-order valence-corrected chi connectivity index (χ3v) is 5.96. The van der Waals surface area contributed by atoms with Gasteiger partial charge >= 0.3 is 6.18 Å². The average Bonchev–Trinajstić information content (AvgIpc) is 2.85. The second kappa shape index (κ2) is 10.3. The van der Waals surface area contributed by atoms with Gasteiger partial charge in [0.05, 0.1) is 23.9 Å². The number of hydrogen-bond acceptors (Lipinski definition) is 3. The van der Waals surface area contributed by atoms with E-state index in [0.717, 1.165) is 65.0 Å². The summed E-state index contributed by atoms with van der Waals surface area (Å²) in [5, 5.41) is 4.51. The Balaban J connectivity index is 1.61. The minimum atomic E-state index is -4.36. The van der Waals surface area contributed by atoms with Crippen LogP contribution in [0.2, 0.25) is 0 Å². The van der Waals surface area contributed by atoms with Crippen LogP contribution in [0.25, 0.3) is 22.0 Å². The van der Waals surface area contributed by atoms with Crippen LogP contribution in [-0.2, 0) is 12.6 Å². The van der Waals surface area contributed by atoms with Crippen molar-refractivity contribution in [1.82, 2.24) is 10.3 Å². The quantitative estimate of drug-likeness (QED) is 0.299. The molecule has 0 saturated heterocycles. The van der Waals surface area contributed by atoms with Crippen LogP contribution < -0.4 is 10.1 Å². The number of ether oxygens (including phenoxy) is 1. The molecule has 4 aromatic rings. The summed E-state index contributed by atoms with van der Waals surface area (Å²) in [6.07, 6.45) is -2.69. The van der Waals surface area contributed by atoms with E-state index >= 15 is 0 Å². The van der Waals surface area contributed by atoms with Crippen molar-refractivity contribution in [3.05, 3.63) is 95.7 Å². The van der Waals surface area contributed by atoms with Crippen LogP contribution >= 0.6 is 0 Å². The molecule has 0 aliphatic carbocycles. The third kappa shape index (κ3) is 5.39. The zero-order chi connectivity index (χ0) is 24.1. The number of benzene rings is 3. The Bertz CT molecular complexity index is 1250. The van der Waals surface area contributed by atoms with Gasteiger partial charge in [-0.15, -0.1) is 0 Å². The molecule has 0 fully saturated rings. The number of nitrogens with zero attached hydrogens (tertiary/aromatic N) is 1. The van der Waals surface area contributed by atoms with Crippen molar-refractivity contribution in [2.45, 2.75) is 32.0 Å². The van der Waals surface area contributed by atoms with E-state index in [-0.39, 0.29) is 6.04 Å². The molecule has 0 aliphatic rings. The predicted octanol–water partition coefficient (Wildman–Crippen LogP) is 7.21. The van der Waals surface area contributed by atoms with Crippen molar-refractivity contribution in [3.8, 4) is 16.9 Å². The Morgan fingerprint density at radius 1 is 0.941 bits per heavy atom. The lowest BCUT2D eigenvalue weighted by Crippen LogP contribution is -2.24. The molecule has 0 unspecified atom stereocenters. The van der Waals surface area contributed by atoms with Gasteiger partial charge in [0, 0.05) is 11.4 Å². The van der Waals surface area contributed by atoms with Crippen LogP contribution in [0.4, 0.5) is 13.2 Å². The first kappa shape index (κ1) is 23.8. The highest BCUT2D eigenvalue weighted by molar-refractivity contribution is 5.94. The number of rotatable bonds is 8. The van der Waals surface area contributed by atoms with E-state index in [1.165, 1.54) is 17.7 Å². The molecule has 0 aliphatic heterocycles. The fourth-order valence-electron chi connectivity index (χ4n) is 4.13. The van der Waals surface area contributed by atoms with Crippen molar-refractivity contribution < 1.29 is 17.9 Å². The first-order chi connectivity index (χ1) is 16.4. The first-order valence-corrected chi connectivity index (χ1v) is 11.3. The average molecular weight is 465 g/mol. The van der Waals surface area contributed by atoms with Gasteiger partial charge in [-0.2, -0.15) is 13.2 Å². The van der Waals surface area contributed by atoms with E-state index in [0.29, 0.717) is 0 Å². The SMILES string of the molecule is CC[C@@H](NCCc1cccc(OC)c1)c1cc(-c2ccc(C(F)(F)F)cc2)c2ccccc2n1. The fraction of sp³-hybridized carbons (Fsp3) is 0.250. The van der Waals surface area contributed by atoms with Crippen molar-refractivity contribution in [2.24, 2.45) is 0 Å². The predicted molar refractivity (Wildman–Crippen MR) is 130 cm³/mol. The van der Waals surface area contributed by atoms with Crippen LogP contribution in [0.3, 0.4) is 0 Å². The minimum absolute atomic E-state index is 0.0170. The van der Waals surface area contributed by atoms with Crippen LogP contribution in [0.15, 0.2) is 78.9 Å². The number of alkyl halides is 3. The molecule has 0 radical (unpaired) electrons. The molecule has 1 aromatic heterocycles. The molecule has 0 amide bonds. The number of halogens is 3. The van der Waals surface area contributed by atoms with E-state index in [1.54, 1.807) is 7.11 Å². The number of hydrogen-bond donors (Lipinski definition) is 1. The Hall–Kier alpha value is -3.38. The van der Waals surface area contributed by atoms with Crippen LogP contribution in [0.1, 0.15) is 36.2 Å². The summed E-state index contributed by atoms with van der Waals surface area (Å²) in [4.78, 5) is 4.88. The van der Waals surface area contributed by atoms with E-state index < -0.39 is 11.7 Å².